The molecule has 1 aliphatic rings. The number of unbranched alkanes of at least 4 members (excludes halogenated alkanes) is 7. The third-order valence-corrected chi connectivity index (χ3v) is 3.76. The van der Waals surface area contributed by atoms with Crippen molar-refractivity contribution in [2.24, 2.45) is 0 Å². The van der Waals surface area contributed by atoms with Crippen LogP contribution in [0.4, 0.5) is 0 Å². The van der Waals surface area contributed by atoms with Crippen LogP contribution in [0.15, 0.2) is 24.0 Å². The Labute approximate surface area is 129 Å². The molecule has 1 rings (SSSR count). The average Bonchev–Trinajstić information content (AvgIpc) is 3.19. The molecule has 3 nitrogen and oxygen atoms in total. The summed E-state index contributed by atoms with van der Waals surface area (Å²) in [5.41, 5.74) is 0. The topological polar surface area (TPSA) is 52.7 Å². The number of allylic oxidation sites excluding steroid dienone is 3. The predicted molar refractivity (Wildman–Crippen MR) is 83.6 cm³/mol. The van der Waals surface area contributed by atoms with E-state index < -0.39 is 5.97 Å². The first-order valence-corrected chi connectivity index (χ1v) is 8.47. The van der Waals surface area contributed by atoms with Crippen LogP contribution in [0.1, 0.15) is 77.6 Å². The van der Waals surface area contributed by atoms with Crippen LogP contribution in [0.5, 0.6) is 0 Å². The molecule has 1 fully saturated rings. The predicted octanol–water partition coefficient (Wildman–Crippen LogP) is 3.89. The van der Waals surface area contributed by atoms with Crippen LogP contribution in [-0.4, -0.2) is 12.1 Å². The number of carboxylic acid groups (broad SMARTS) is 1. The van der Waals surface area contributed by atoms with Gasteiger partial charge >= 0.3 is 0 Å². The van der Waals surface area contributed by atoms with Crippen molar-refractivity contribution in [2.75, 3.05) is 0 Å². The van der Waals surface area contributed by atoms with Crippen LogP contribution in [0.2, 0.25) is 0 Å². The second kappa shape index (κ2) is 11.4. The maximum atomic E-state index is 10.2. The molecule has 21 heavy (non-hydrogen) atoms. The van der Waals surface area contributed by atoms with Crippen molar-refractivity contribution in [1.82, 2.24) is 0 Å². The lowest BCUT2D eigenvalue weighted by molar-refractivity contribution is -0.305. The molecule has 1 saturated heterocycles. The third kappa shape index (κ3) is 10.2. The molecule has 0 spiro atoms. The van der Waals surface area contributed by atoms with Gasteiger partial charge in [-0.2, -0.15) is 0 Å². The quantitative estimate of drug-likeness (QED) is 0.382. The lowest BCUT2D eigenvalue weighted by Gasteiger charge is -2.01. The molecule has 120 valence electrons. The van der Waals surface area contributed by atoms with Gasteiger partial charge in [-0.25, -0.2) is 0 Å². The molecule has 0 aromatic carbocycles. The van der Waals surface area contributed by atoms with Crippen LogP contribution >= 0.6 is 0 Å². The Balaban J connectivity index is 1.88. The number of rotatable bonds is 13. The van der Waals surface area contributed by atoms with Crippen LogP contribution in [0, 0.1) is 0 Å². The monoisotopic (exact) mass is 293 g/mol. The summed E-state index contributed by atoms with van der Waals surface area (Å²) < 4.78 is 5.51. The third-order valence-electron chi connectivity index (χ3n) is 3.76. The molecule has 0 amide bonds. The highest BCUT2D eigenvalue weighted by atomic mass is 16.6. The minimum Gasteiger partial charge on any atom is -0.550 e. The normalized spacial score (nSPS) is 19.1. The Bertz CT molecular complexity index is 344. The maximum Gasteiger partial charge on any atom is 0.155 e. The van der Waals surface area contributed by atoms with Crippen molar-refractivity contribution in [3.05, 3.63) is 24.0 Å². The standard InChI is InChI=1S/C18H30O3/c1-2-3-10-13-16-17(21-16)14-11-8-6-4-5-7-9-12-15-18(19)20/h8,11,14,16H,2-7,9-10,12-13,15H2,1H3,(H,19,20)/p-1/b11-8-,17-14+/t16-/m0/s1. The van der Waals surface area contributed by atoms with Crippen molar-refractivity contribution < 1.29 is 14.6 Å². The van der Waals surface area contributed by atoms with Gasteiger partial charge in [-0.1, -0.05) is 51.2 Å². The highest BCUT2D eigenvalue weighted by Gasteiger charge is 2.30. The fourth-order valence-electron chi connectivity index (χ4n) is 2.38. The lowest BCUT2D eigenvalue weighted by Crippen LogP contribution is -2.21. The van der Waals surface area contributed by atoms with Crippen LogP contribution in [-0.2, 0) is 9.53 Å². The molecular formula is C18H29O3-. The van der Waals surface area contributed by atoms with Crippen LogP contribution in [0.25, 0.3) is 0 Å². The Kier molecular flexibility index (Phi) is 9.68. The van der Waals surface area contributed by atoms with E-state index in [1.807, 2.05) is 0 Å². The molecular weight excluding hydrogens is 264 g/mol. The van der Waals surface area contributed by atoms with Crippen LogP contribution in [0.3, 0.4) is 0 Å². The Morgan fingerprint density at radius 1 is 1.14 bits per heavy atom. The number of hydrogen-bond donors (Lipinski definition) is 0. The summed E-state index contributed by atoms with van der Waals surface area (Å²) in [5, 5.41) is 10.2. The van der Waals surface area contributed by atoms with Gasteiger partial charge in [0, 0.05) is 5.97 Å². The maximum absolute atomic E-state index is 10.2. The summed E-state index contributed by atoms with van der Waals surface area (Å²) in [5.74, 6) is 0.214. The molecule has 0 unspecified atom stereocenters. The van der Waals surface area contributed by atoms with E-state index in [2.05, 4.69) is 25.2 Å². The summed E-state index contributed by atoms with van der Waals surface area (Å²) in [4.78, 5) is 10.2. The first-order valence-electron chi connectivity index (χ1n) is 8.47. The second-order valence-corrected chi connectivity index (χ2v) is 5.78. The Hall–Kier alpha value is -1.25. The van der Waals surface area contributed by atoms with E-state index in [4.69, 9.17) is 4.74 Å². The van der Waals surface area contributed by atoms with Crippen molar-refractivity contribution in [3.63, 3.8) is 0 Å². The van der Waals surface area contributed by atoms with E-state index >= 15 is 0 Å². The highest BCUT2D eigenvalue weighted by molar-refractivity contribution is 5.63. The number of carbonyl (C=O) groups is 1. The van der Waals surface area contributed by atoms with E-state index in [0.717, 1.165) is 31.4 Å². The Morgan fingerprint density at radius 3 is 2.67 bits per heavy atom. The SMILES string of the molecule is CCCCC[C@@H]1O/C1=C/C=C\CCCCCCCC(=O)[O-]. The molecule has 1 aliphatic heterocycles. The number of epoxide rings is 1. The summed E-state index contributed by atoms with van der Waals surface area (Å²) in [7, 11) is 0. The lowest BCUT2D eigenvalue weighted by atomic mass is 10.1. The first-order chi connectivity index (χ1) is 10.2. The van der Waals surface area contributed by atoms with Crippen molar-refractivity contribution in [1.29, 1.82) is 0 Å². The van der Waals surface area contributed by atoms with Gasteiger partial charge in [0.25, 0.3) is 0 Å². The zero-order valence-electron chi connectivity index (χ0n) is 13.3. The molecule has 3 heteroatoms. The largest absolute Gasteiger partial charge is 0.550 e. The molecule has 0 aliphatic carbocycles. The Morgan fingerprint density at radius 2 is 1.90 bits per heavy atom. The average molecular weight is 293 g/mol. The number of carbonyl (C=O) groups excluding carboxylic acids is 1. The summed E-state index contributed by atoms with van der Waals surface area (Å²) in [6, 6.07) is 0. The highest BCUT2D eigenvalue weighted by Crippen LogP contribution is 2.31. The van der Waals surface area contributed by atoms with Gasteiger partial charge in [0.1, 0.15) is 5.76 Å². The zero-order chi connectivity index (χ0) is 15.3. The van der Waals surface area contributed by atoms with Gasteiger partial charge in [-0.15, -0.1) is 0 Å². The van der Waals surface area contributed by atoms with Gasteiger partial charge in [-0.05, 0) is 44.6 Å². The van der Waals surface area contributed by atoms with Gasteiger partial charge in [-0.3, -0.25) is 0 Å². The number of carboxylic acids is 1. The fourth-order valence-corrected chi connectivity index (χ4v) is 2.38. The number of aliphatic carboxylic acids is 1. The molecule has 1 atom stereocenters. The molecule has 0 radical (unpaired) electrons. The molecule has 1 heterocycles. The zero-order valence-corrected chi connectivity index (χ0v) is 13.3. The minimum absolute atomic E-state index is 0.201. The van der Waals surface area contributed by atoms with Crippen molar-refractivity contribution in [2.45, 2.75) is 83.7 Å². The van der Waals surface area contributed by atoms with Crippen molar-refractivity contribution in [3.8, 4) is 0 Å². The number of ether oxygens (including phenoxy) is 1. The summed E-state index contributed by atoms with van der Waals surface area (Å²) in [6.07, 6.45) is 18.3. The second-order valence-electron chi connectivity index (χ2n) is 5.78. The molecule has 0 bridgehead atoms. The van der Waals surface area contributed by atoms with E-state index in [0.29, 0.717) is 6.10 Å². The molecule has 0 saturated carbocycles. The molecule has 0 aromatic rings. The molecule has 0 N–H and O–H groups in total. The van der Waals surface area contributed by atoms with E-state index in [9.17, 15) is 9.90 Å². The van der Waals surface area contributed by atoms with Gasteiger partial charge < -0.3 is 14.6 Å². The van der Waals surface area contributed by atoms with E-state index in [1.165, 1.54) is 38.5 Å². The molecule has 0 aromatic heterocycles. The van der Waals surface area contributed by atoms with Gasteiger partial charge in [0.15, 0.2) is 6.10 Å². The summed E-state index contributed by atoms with van der Waals surface area (Å²) >= 11 is 0. The first kappa shape index (κ1) is 17.8. The van der Waals surface area contributed by atoms with E-state index in [1.54, 1.807) is 0 Å². The van der Waals surface area contributed by atoms with E-state index in [-0.39, 0.29) is 6.42 Å². The van der Waals surface area contributed by atoms with Gasteiger partial charge in [0.05, 0.1) is 0 Å². The smallest absolute Gasteiger partial charge is 0.155 e. The fraction of sp³-hybridized carbons (Fsp3) is 0.722. The minimum atomic E-state index is -0.929. The van der Waals surface area contributed by atoms with Crippen LogP contribution < -0.4 is 5.11 Å². The number of hydrogen-bond acceptors (Lipinski definition) is 3. The van der Waals surface area contributed by atoms with Gasteiger partial charge in [0.2, 0.25) is 0 Å². The van der Waals surface area contributed by atoms with Crippen molar-refractivity contribution >= 4 is 5.97 Å². The summed E-state index contributed by atoms with van der Waals surface area (Å²) in [6.45, 7) is 2.22.